The van der Waals surface area contributed by atoms with Crippen LogP contribution in [0.3, 0.4) is 0 Å². The van der Waals surface area contributed by atoms with Gasteiger partial charge in [-0.25, -0.2) is 0 Å². The average molecular weight is 258 g/mol. The van der Waals surface area contributed by atoms with Crippen LogP contribution in [0.15, 0.2) is 43.2 Å². The second-order valence-electron chi connectivity index (χ2n) is 4.46. The number of aromatic nitrogens is 3. The molecule has 0 amide bonds. The SMILES string of the molecule is CC1(c2ccnc(Cn3cc(N)cn3)c2)OC=CO1. The summed E-state index contributed by atoms with van der Waals surface area (Å²) in [4.78, 5) is 4.31. The Kier molecular flexibility index (Phi) is 2.63. The summed E-state index contributed by atoms with van der Waals surface area (Å²) in [5.41, 5.74) is 8.03. The van der Waals surface area contributed by atoms with Crippen LogP contribution >= 0.6 is 0 Å². The van der Waals surface area contributed by atoms with Crippen molar-refractivity contribution >= 4 is 5.69 Å². The van der Waals surface area contributed by atoms with Crippen LogP contribution in [0, 0.1) is 0 Å². The van der Waals surface area contributed by atoms with Gasteiger partial charge in [0.15, 0.2) is 0 Å². The van der Waals surface area contributed by atoms with Crippen molar-refractivity contribution in [3.63, 3.8) is 0 Å². The molecule has 6 heteroatoms. The maximum absolute atomic E-state index is 5.63. The lowest BCUT2D eigenvalue weighted by Gasteiger charge is -2.23. The summed E-state index contributed by atoms with van der Waals surface area (Å²) in [5.74, 6) is -0.777. The Morgan fingerprint density at radius 1 is 1.37 bits per heavy atom. The monoisotopic (exact) mass is 258 g/mol. The first-order valence-electron chi connectivity index (χ1n) is 5.90. The van der Waals surface area contributed by atoms with Gasteiger partial charge < -0.3 is 15.2 Å². The number of rotatable bonds is 3. The molecule has 0 spiro atoms. The van der Waals surface area contributed by atoms with Crippen LogP contribution in [0.1, 0.15) is 18.2 Å². The van der Waals surface area contributed by atoms with Crippen LogP contribution in [0.25, 0.3) is 0 Å². The van der Waals surface area contributed by atoms with Crippen LogP contribution < -0.4 is 5.73 Å². The minimum atomic E-state index is -0.777. The molecule has 0 aromatic carbocycles. The topological polar surface area (TPSA) is 75.2 Å². The van der Waals surface area contributed by atoms with Crippen molar-refractivity contribution < 1.29 is 9.47 Å². The number of anilines is 1. The third kappa shape index (κ3) is 2.24. The van der Waals surface area contributed by atoms with E-state index in [9.17, 15) is 0 Å². The number of nitrogen functional groups attached to an aromatic ring is 1. The van der Waals surface area contributed by atoms with Gasteiger partial charge in [-0.15, -0.1) is 0 Å². The number of ether oxygens (including phenoxy) is 2. The number of nitrogens with zero attached hydrogens (tertiary/aromatic N) is 3. The predicted octanol–water partition coefficient (Wildman–Crippen LogP) is 1.60. The fourth-order valence-corrected chi connectivity index (χ4v) is 1.96. The average Bonchev–Trinajstić information content (AvgIpc) is 3.00. The van der Waals surface area contributed by atoms with Gasteiger partial charge in [0.1, 0.15) is 12.5 Å². The van der Waals surface area contributed by atoms with Crippen LogP contribution in [-0.4, -0.2) is 14.8 Å². The highest BCUT2D eigenvalue weighted by Gasteiger charge is 2.32. The summed E-state index contributed by atoms with van der Waals surface area (Å²) in [7, 11) is 0. The molecule has 0 unspecified atom stereocenters. The Labute approximate surface area is 110 Å². The Bertz CT molecular complexity index is 613. The molecule has 0 atom stereocenters. The van der Waals surface area contributed by atoms with Crippen LogP contribution in [0.4, 0.5) is 5.69 Å². The molecule has 0 saturated carbocycles. The largest absolute Gasteiger partial charge is 0.453 e. The van der Waals surface area contributed by atoms with E-state index in [1.54, 1.807) is 23.3 Å². The molecular weight excluding hydrogens is 244 g/mol. The summed E-state index contributed by atoms with van der Waals surface area (Å²) in [5, 5.41) is 4.13. The molecule has 2 aromatic rings. The minimum absolute atomic E-state index is 0.550. The maximum atomic E-state index is 5.63. The molecule has 1 aliphatic heterocycles. The van der Waals surface area contributed by atoms with Crippen molar-refractivity contribution in [2.45, 2.75) is 19.3 Å². The standard InChI is InChI=1S/C13H14N4O2/c1-13(18-4-5-19-13)10-2-3-15-12(6-10)9-17-8-11(14)7-16-17/h2-8H,9,14H2,1H3. The smallest absolute Gasteiger partial charge is 0.274 e. The molecular formula is C13H14N4O2. The normalized spacial score (nSPS) is 16.1. The second-order valence-corrected chi connectivity index (χ2v) is 4.46. The highest BCUT2D eigenvalue weighted by Crippen LogP contribution is 2.31. The van der Waals surface area contributed by atoms with E-state index < -0.39 is 5.79 Å². The van der Waals surface area contributed by atoms with Crippen molar-refractivity contribution in [1.82, 2.24) is 14.8 Å². The zero-order valence-electron chi connectivity index (χ0n) is 10.5. The highest BCUT2D eigenvalue weighted by atomic mass is 16.7. The van der Waals surface area contributed by atoms with Gasteiger partial charge in [-0.05, 0) is 12.1 Å². The molecule has 1 aliphatic rings. The third-order valence-electron chi connectivity index (χ3n) is 2.96. The Hall–Kier alpha value is -2.50. The molecule has 0 radical (unpaired) electrons. The third-order valence-corrected chi connectivity index (χ3v) is 2.96. The van der Waals surface area contributed by atoms with Gasteiger partial charge in [0.05, 0.1) is 24.1 Å². The van der Waals surface area contributed by atoms with E-state index in [1.165, 1.54) is 12.5 Å². The Morgan fingerprint density at radius 3 is 2.84 bits per heavy atom. The van der Waals surface area contributed by atoms with Crippen molar-refractivity contribution in [1.29, 1.82) is 0 Å². The molecule has 0 saturated heterocycles. The second kappa shape index (κ2) is 4.31. The highest BCUT2D eigenvalue weighted by molar-refractivity contribution is 5.31. The predicted molar refractivity (Wildman–Crippen MR) is 68.6 cm³/mol. The first-order chi connectivity index (χ1) is 9.16. The van der Waals surface area contributed by atoms with E-state index in [0.29, 0.717) is 12.2 Å². The van der Waals surface area contributed by atoms with Crippen molar-refractivity contribution in [3.8, 4) is 0 Å². The zero-order chi connectivity index (χ0) is 13.3. The van der Waals surface area contributed by atoms with E-state index in [4.69, 9.17) is 15.2 Å². The summed E-state index contributed by atoms with van der Waals surface area (Å²) in [6.07, 6.45) is 8.18. The van der Waals surface area contributed by atoms with Gasteiger partial charge in [0, 0.05) is 24.9 Å². The summed E-state index contributed by atoms with van der Waals surface area (Å²) in [6, 6.07) is 3.80. The van der Waals surface area contributed by atoms with E-state index in [0.717, 1.165) is 11.3 Å². The molecule has 19 heavy (non-hydrogen) atoms. The van der Waals surface area contributed by atoms with Gasteiger partial charge in [-0.2, -0.15) is 5.10 Å². The summed E-state index contributed by atoms with van der Waals surface area (Å²) in [6.45, 7) is 2.41. The van der Waals surface area contributed by atoms with E-state index in [-0.39, 0.29) is 0 Å². The molecule has 0 fully saturated rings. The van der Waals surface area contributed by atoms with Gasteiger partial charge in [-0.3, -0.25) is 9.67 Å². The van der Waals surface area contributed by atoms with Crippen LogP contribution in [0.5, 0.6) is 0 Å². The Balaban J connectivity index is 1.84. The zero-order valence-corrected chi connectivity index (χ0v) is 10.5. The lowest BCUT2D eigenvalue weighted by molar-refractivity contribution is -0.133. The molecule has 3 heterocycles. The molecule has 0 bridgehead atoms. The lowest BCUT2D eigenvalue weighted by atomic mass is 10.1. The number of hydrogen-bond donors (Lipinski definition) is 1. The van der Waals surface area contributed by atoms with E-state index in [1.807, 2.05) is 19.1 Å². The molecule has 3 rings (SSSR count). The number of hydrogen-bond acceptors (Lipinski definition) is 5. The lowest BCUT2D eigenvalue weighted by Crippen LogP contribution is -2.22. The minimum Gasteiger partial charge on any atom is -0.453 e. The van der Waals surface area contributed by atoms with Crippen LogP contribution in [0.2, 0.25) is 0 Å². The van der Waals surface area contributed by atoms with Crippen molar-refractivity contribution in [3.05, 3.63) is 54.5 Å². The fraction of sp³-hybridized carbons (Fsp3) is 0.231. The maximum Gasteiger partial charge on any atom is 0.274 e. The van der Waals surface area contributed by atoms with E-state index in [2.05, 4.69) is 10.1 Å². The van der Waals surface area contributed by atoms with Crippen molar-refractivity contribution in [2.75, 3.05) is 5.73 Å². The molecule has 6 nitrogen and oxygen atoms in total. The number of pyridine rings is 1. The van der Waals surface area contributed by atoms with Gasteiger partial charge in [0.2, 0.25) is 0 Å². The van der Waals surface area contributed by atoms with Crippen LogP contribution in [-0.2, 0) is 21.8 Å². The summed E-state index contributed by atoms with van der Waals surface area (Å²) >= 11 is 0. The first-order valence-corrected chi connectivity index (χ1v) is 5.90. The summed E-state index contributed by atoms with van der Waals surface area (Å²) < 4.78 is 12.7. The van der Waals surface area contributed by atoms with Gasteiger partial charge in [0.25, 0.3) is 5.79 Å². The van der Waals surface area contributed by atoms with Gasteiger partial charge >= 0.3 is 0 Å². The van der Waals surface area contributed by atoms with Crippen molar-refractivity contribution in [2.24, 2.45) is 0 Å². The van der Waals surface area contributed by atoms with E-state index >= 15 is 0 Å². The molecule has 2 N–H and O–H groups in total. The fourth-order valence-electron chi connectivity index (χ4n) is 1.96. The molecule has 2 aromatic heterocycles. The molecule has 0 aliphatic carbocycles. The Morgan fingerprint density at radius 2 is 2.16 bits per heavy atom. The molecule has 98 valence electrons. The quantitative estimate of drug-likeness (QED) is 0.905. The van der Waals surface area contributed by atoms with Gasteiger partial charge in [-0.1, -0.05) is 0 Å². The number of nitrogens with two attached hydrogens (primary N) is 1. The first kappa shape index (κ1) is 11.6.